The van der Waals surface area contributed by atoms with E-state index in [4.69, 9.17) is 23.0 Å². The number of carbonyl (C=O) groups excluding carboxylic acids is 3. The number of carbonyl (C=O) groups is 3. The molecule has 1 N–H and O–H groups in total. The van der Waals surface area contributed by atoms with Crippen LogP contribution in [0, 0.1) is 17.8 Å². The van der Waals surface area contributed by atoms with E-state index in [2.05, 4.69) is 5.32 Å². The number of nitrogens with zero attached hydrogens (tertiary/aromatic N) is 1. The minimum absolute atomic E-state index is 0.0239. The Hall–Kier alpha value is -2.04. The number of amides is 2. The van der Waals surface area contributed by atoms with Crippen molar-refractivity contribution in [2.45, 2.75) is 57.0 Å². The maximum Gasteiger partial charge on any atom is 0.477 e. The van der Waals surface area contributed by atoms with Gasteiger partial charge in [0.1, 0.15) is 30.6 Å². The molecular formula is C22H27N2O9P. The molecular weight excluding hydrogens is 467 g/mol. The van der Waals surface area contributed by atoms with Gasteiger partial charge in [0, 0.05) is 24.8 Å². The van der Waals surface area contributed by atoms with Crippen molar-refractivity contribution in [2.75, 3.05) is 20.1 Å². The number of ketones is 1. The molecule has 8 atom stereocenters. The van der Waals surface area contributed by atoms with Gasteiger partial charge in [0.05, 0.1) is 6.04 Å². The van der Waals surface area contributed by atoms with Gasteiger partial charge in [-0.15, -0.1) is 0 Å². The monoisotopic (exact) mass is 494 g/mol. The van der Waals surface area contributed by atoms with Crippen molar-refractivity contribution >= 4 is 25.4 Å². The lowest BCUT2D eigenvalue weighted by Gasteiger charge is -2.44. The molecule has 4 heterocycles. The topological polar surface area (TPSA) is 130 Å². The Kier molecular flexibility index (Phi) is 5.46. The first-order valence-electron chi connectivity index (χ1n) is 11.8. The Morgan fingerprint density at radius 1 is 1.15 bits per heavy atom. The summed E-state index contributed by atoms with van der Waals surface area (Å²) < 4.78 is 41.3. The summed E-state index contributed by atoms with van der Waals surface area (Å²) in [7, 11) is -3.98. The van der Waals surface area contributed by atoms with Crippen molar-refractivity contribution in [2.24, 2.45) is 17.8 Å². The third-order valence-corrected chi connectivity index (χ3v) is 8.92. The maximum absolute atomic E-state index is 13.4. The molecule has 0 saturated carbocycles. The molecule has 4 fully saturated rings. The van der Waals surface area contributed by atoms with Crippen LogP contribution in [0.25, 0.3) is 0 Å². The molecule has 4 aliphatic heterocycles. The van der Waals surface area contributed by atoms with Crippen molar-refractivity contribution in [3.8, 4) is 0 Å². The molecule has 2 aliphatic carbocycles. The van der Waals surface area contributed by atoms with Gasteiger partial charge in [-0.25, -0.2) is 4.57 Å². The van der Waals surface area contributed by atoms with Gasteiger partial charge < -0.3 is 19.7 Å². The maximum atomic E-state index is 13.4. The zero-order valence-corrected chi connectivity index (χ0v) is 19.6. The van der Waals surface area contributed by atoms with Crippen molar-refractivity contribution < 1.29 is 42.0 Å². The number of hydrogen-bond donors (Lipinski definition) is 1. The number of piperidine rings is 1. The van der Waals surface area contributed by atoms with Crippen LogP contribution in [0.4, 0.5) is 0 Å². The van der Waals surface area contributed by atoms with Crippen LogP contribution in [-0.2, 0) is 42.0 Å². The van der Waals surface area contributed by atoms with Crippen molar-refractivity contribution in [3.63, 3.8) is 0 Å². The van der Waals surface area contributed by atoms with Crippen molar-refractivity contribution in [1.29, 1.82) is 0 Å². The number of likely N-dealkylation sites (tertiary alicyclic amines) is 1. The third-order valence-electron chi connectivity index (χ3n) is 7.48. The van der Waals surface area contributed by atoms with E-state index < -0.39 is 49.9 Å². The van der Waals surface area contributed by atoms with E-state index >= 15 is 0 Å². The molecule has 34 heavy (non-hydrogen) atoms. The van der Waals surface area contributed by atoms with Gasteiger partial charge >= 0.3 is 7.82 Å². The number of nitrogens with one attached hydrogen (secondary N) is 1. The van der Waals surface area contributed by atoms with E-state index in [0.717, 1.165) is 24.8 Å². The fourth-order valence-electron chi connectivity index (χ4n) is 5.76. The van der Waals surface area contributed by atoms with Gasteiger partial charge in [-0.1, -0.05) is 19.4 Å². The molecule has 2 amide bonds. The Labute approximate surface area is 196 Å². The van der Waals surface area contributed by atoms with Crippen LogP contribution in [0.15, 0.2) is 23.5 Å². The van der Waals surface area contributed by atoms with E-state index in [1.807, 2.05) is 13.0 Å². The Morgan fingerprint density at radius 3 is 2.82 bits per heavy atom. The summed E-state index contributed by atoms with van der Waals surface area (Å²) in [5.74, 6) is -2.00. The average Bonchev–Trinajstić information content (AvgIpc) is 3.36. The number of phosphoric ester groups is 1. The van der Waals surface area contributed by atoms with Gasteiger partial charge in [-0.05, 0) is 24.5 Å². The van der Waals surface area contributed by atoms with Crippen LogP contribution in [0.1, 0.15) is 32.6 Å². The summed E-state index contributed by atoms with van der Waals surface area (Å²) in [5, 5.41) is 2.88. The molecule has 0 bridgehead atoms. The van der Waals surface area contributed by atoms with E-state index in [-0.39, 0.29) is 31.1 Å². The molecule has 12 heteroatoms. The highest BCUT2D eigenvalue weighted by atomic mass is 31.2. The Bertz CT molecular complexity index is 1040. The van der Waals surface area contributed by atoms with E-state index in [1.54, 1.807) is 6.08 Å². The van der Waals surface area contributed by atoms with Crippen LogP contribution in [0.2, 0.25) is 0 Å². The first kappa shape index (κ1) is 22.4. The van der Waals surface area contributed by atoms with Crippen molar-refractivity contribution in [1.82, 2.24) is 10.2 Å². The zero-order valence-electron chi connectivity index (χ0n) is 18.7. The molecule has 0 aromatic heterocycles. The molecule has 6 rings (SSSR count). The van der Waals surface area contributed by atoms with E-state index in [0.29, 0.717) is 18.7 Å². The van der Waals surface area contributed by atoms with Gasteiger partial charge in [0.2, 0.25) is 11.8 Å². The molecule has 6 aliphatic rings. The summed E-state index contributed by atoms with van der Waals surface area (Å²) in [6, 6.07) is -0.627. The predicted octanol–water partition coefficient (Wildman–Crippen LogP) is 1.40. The summed E-state index contributed by atoms with van der Waals surface area (Å²) in [6.07, 6.45) is 4.60. The fourth-order valence-corrected chi connectivity index (χ4v) is 7.37. The highest BCUT2D eigenvalue weighted by molar-refractivity contribution is 7.48. The molecule has 8 unspecified atom stereocenters. The number of ether oxygens (including phenoxy) is 2. The van der Waals surface area contributed by atoms with Gasteiger partial charge in [-0.2, -0.15) is 0 Å². The van der Waals surface area contributed by atoms with Crippen LogP contribution in [0.3, 0.4) is 0 Å². The number of phosphoric acid groups is 1. The standard InChI is InChI=1S/C22H27N2O9P/c1-11-7-13-12-8-14-20(30-10-29-14)18(26)16(12)22(27)23-17(13)21-19(11)32-34(28,33-21)31-9-24-6-4-2-3-5-15(24)25/h7-8,11-12,16-17,19-21H,2-6,9-10H2,1H3,(H,23,27). The SMILES string of the molecule is CC1C=C2C3C=C4OCOC4C(=O)C3C(=O)NC2C2OP(=O)(OCN3CCCCCC3=O)OC12. The lowest BCUT2D eigenvalue weighted by atomic mass is 9.67. The minimum atomic E-state index is -3.98. The highest BCUT2D eigenvalue weighted by Crippen LogP contribution is 2.61. The number of allylic oxidation sites excluding steroid dienone is 1. The smallest absolute Gasteiger partial charge is 0.469 e. The summed E-state index contributed by atoms with van der Waals surface area (Å²) >= 11 is 0. The number of rotatable bonds is 3. The highest BCUT2D eigenvalue weighted by Gasteiger charge is 2.59. The molecule has 184 valence electrons. The second kappa shape index (κ2) is 8.27. The van der Waals surface area contributed by atoms with Gasteiger partial charge in [0.25, 0.3) is 0 Å². The number of hydrogen-bond acceptors (Lipinski definition) is 9. The lowest BCUT2D eigenvalue weighted by molar-refractivity contribution is -0.143. The van der Waals surface area contributed by atoms with Crippen LogP contribution in [0.5, 0.6) is 0 Å². The number of fused-ring (bicyclic) bond motifs is 6. The van der Waals surface area contributed by atoms with Gasteiger partial charge in [0.15, 0.2) is 18.7 Å². The first-order valence-corrected chi connectivity index (χ1v) is 13.2. The Balaban J connectivity index is 1.23. The first-order chi connectivity index (χ1) is 16.3. The van der Waals surface area contributed by atoms with Crippen LogP contribution < -0.4 is 5.32 Å². The fraction of sp³-hybridized carbons (Fsp3) is 0.682. The lowest BCUT2D eigenvalue weighted by Crippen LogP contribution is -2.62. The Morgan fingerprint density at radius 2 is 1.97 bits per heavy atom. The van der Waals surface area contributed by atoms with E-state index in [9.17, 15) is 18.9 Å². The number of Topliss-reactive ketones (excluding diaryl/α,β-unsaturated/α-hetero) is 1. The largest absolute Gasteiger partial charge is 0.477 e. The quantitative estimate of drug-likeness (QED) is 0.352. The van der Waals surface area contributed by atoms with Crippen LogP contribution in [-0.4, -0.2) is 66.9 Å². The summed E-state index contributed by atoms with van der Waals surface area (Å²) in [6.45, 7) is 2.24. The molecule has 0 spiro atoms. The van der Waals surface area contributed by atoms with Gasteiger partial charge in [-0.3, -0.25) is 28.0 Å². The molecule has 11 nitrogen and oxygen atoms in total. The second-order valence-corrected chi connectivity index (χ2v) is 11.2. The zero-order chi connectivity index (χ0) is 23.6. The summed E-state index contributed by atoms with van der Waals surface area (Å²) in [5.41, 5.74) is 0.799. The second-order valence-electron chi connectivity index (χ2n) is 9.61. The van der Waals surface area contributed by atoms with Crippen molar-refractivity contribution in [3.05, 3.63) is 23.5 Å². The van der Waals surface area contributed by atoms with E-state index in [1.165, 1.54) is 4.90 Å². The molecule has 0 aromatic rings. The van der Waals surface area contributed by atoms with Crippen LogP contribution >= 0.6 is 7.82 Å². The molecule has 4 saturated heterocycles. The molecule has 0 aromatic carbocycles. The third kappa shape index (κ3) is 3.56. The predicted molar refractivity (Wildman–Crippen MR) is 114 cm³/mol. The summed E-state index contributed by atoms with van der Waals surface area (Å²) in [4.78, 5) is 39.7. The average molecular weight is 494 g/mol. The normalized spacial score (nSPS) is 43.5. The molecule has 0 radical (unpaired) electrons. The minimum Gasteiger partial charge on any atom is -0.469 e.